The fourth-order valence-electron chi connectivity index (χ4n) is 5.45. The van der Waals surface area contributed by atoms with Gasteiger partial charge in [0.05, 0.1) is 5.56 Å². The van der Waals surface area contributed by atoms with Gasteiger partial charge >= 0.3 is 0 Å². The molecule has 0 saturated carbocycles. The molecule has 0 fully saturated rings. The second-order valence-electron chi connectivity index (χ2n) is 11.2. The first-order valence-electron chi connectivity index (χ1n) is 12.7. The molecule has 6 aromatic rings. The number of aryl methyl sites for hydroxylation is 2. The van der Waals surface area contributed by atoms with Crippen molar-refractivity contribution in [1.29, 1.82) is 0 Å². The van der Waals surface area contributed by atoms with E-state index in [1.54, 1.807) is 0 Å². The van der Waals surface area contributed by atoms with Gasteiger partial charge in [-0.3, -0.25) is 0 Å². The zero-order valence-electron chi connectivity index (χ0n) is 21.7. The summed E-state index contributed by atoms with van der Waals surface area (Å²) in [6.45, 7) is 9.06. The summed E-state index contributed by atoms with van der Waals surface area (Å²) in [5, 5.41) is 4.81. The van der Waals surface area contributed by atoms with Gasteiger partial charge in [-0.25, -0.2) is 4.57 Å². The van der Waals surface area contributed by atoms with Crippen molar-refractivity contribution in [2.75, 3.05) is 0 Å². The van der Waals surface area contributed by atoms with Crippen molar-refractivity contribution < 1.29 is 8.98 Å². The summed E-state index contributed by atoms with van der Waals surface area (Å²) in [6, 6.07) is 30.7. The first kappa shape index (κ1) is 22.5. The fraction of sp³-hybridized carbons (Fsp3) is 0.206. The summed E-state index contributed by atoms with van der Waals surface area (Å²) in [5.41, 5.74) is 9.37. The van der Waals surface area contributed by atoms with Gasteiger partial charge in [0.25, 0.3) is 0 Å². The second-order valence-corrected chi connectivity index (χ2v) is 11.2. The quantitative estimate of drug-likeness (QED) is 0.236. The van der Waals surface area contributed by atoms with Crippen LogP contribution in [0.2, 0.25) is 0 Å². The molecule has 0 bridgehead atoms. The summed E-state index contributed by atoms with van der Waals surface area (Å²) in [7, 11) is 2.12. The summed E-state index contributed by atoms with van der Waals surface area (Å²) in [4.78, 5) is 0. The Morgan fingerprint density at radius 2 is 1.53 bits per heavy atom. The van der Waals surface area contributed by atoms with Crippen LogP contribution in [-0.2, 0) is 13.5 Å². The molecule has 0 aliphatic heterocycles. The van der Waals surface area contributed by atoms with Crippen LogP contribution in [0.4, 0.5) is 0 Å². The maximum atomic E-state index is 6.80. The Bertz CT molecular complexity index is 1760. The Balaban J connectivity index is 1.59. The predicted octanol–water partition coefficient (Wildman–Crippen LogP) is 8.79. The topological polar surface area (TPSA) is 17.0 Å². The van der Waals surface area contributed by atoms with Crippen LogP contribution in [0.25, 0.3) is 55.1 Å². The molecule has 0 aliphatic rings. The van der Waals surface area contributed by atoms with E-state index in [9.17, 15) is 0 Å². The molecule has 36 heavy (non-hydrogen) atoms. The van der Waals surface area contributed by atoms with Gasteiger partial charge < -0.3 is 4.42 Å². The van der Waals surface area contributed by atoms with E-state index in [4.69, 9.17) is 4.42 Å². The molecule has 2 nitrogen and oxygen atoms in total. The third-order valence-corrected chi connectivity index (χ3v) is 7.14. The molecule has 0 radical (unpaired) electrons. The van der Waals surface area contributed by atoms with Gasteiger partial charge in [-0.1, -0.05) is 87.5 Å². The molecular weight excluding hydrogens is 438 g/mol. The van der Waals surface area contributed by atoms with Crippen LogP contribution in [0.3, 0.4) is 0 Å². The van der Waals surface area contributed by atoms with Crippen molar-refractivity contribution in [1.82, 2.24) is 0 Å². The maximum absolute atomic E-state index is 6.80. The van der Waals surface area contributed by atoms with E-state index in [0.717, 1.165) is 33.9 Å². The van der Waals surface area contributed by atoms with E-state index in [2.05, 4.69) is 130 Å². The van der Waals surface area contributed by atoms with E-state index in [1.165, 1.54) is 38.7 Å². The number of furan rings is 1. The Kier molecular flexibility index (Phi) is 5.22. The molecule has 0 saturated heterocycles. The van der Waals surface area contributed by atoms with Gasteiger partial charge in [0.2, 0.25) is 5.69 Å². The lowest BCUT2D eigenvalue weighted by molar-refractivity contribution is -0.660. The molecule has 178 valence electrons. The zero-order chi connectivity index (χ0) is 25.0. The lowest BCUT2D eigenvalue weighted by atomic mass is 9.88. The third-order valence-electron chi connectivity index (χ3n) is 7.14. The molecule has 0 unspecified atom stereocenters. The lowest BCUT2D eigenvalue weighted by Crippen LogP contribution is -2.31. The molecule has 2 heterocycles. The largest absolute Gasteiger partial charge is 0.454 e. The number of rotatable bonds is 3. The van der Waals surface area contributed by atoms with Crippen molar-refractivity contribution in [3.8, 4) is 22.4 Å². The van der Waals surface area contributed by atoms with Crippen molar-refractivity contribution in [3.63, 3.8) is 0 Å². The Morgan fingerprint density at radius 3 is 2.33 bits per heavy atom. The normalized spacial score (nSPS) is 12.1. The molecule has 0 amide bonds. The van der Waals surface area contributed by atoms with Gasteiger partial charge in [0.15, 0.2) is 6.20 Å². The van der Waals surface area contributed by atoms with Crippen LogP contribution in [0.15, 0.2) is 95.5 Å². The Labute approximate surface area is 212 Å². The highest BCUT2D eigenvalue weighted by molar-refractivity contribution is 6.13. The van der Waals surface area contributed by atoms with Crippen molar-refractivity contribution >= 4 is 32.7 Å². The highest BCUT2D eigenvalue weighted by atomic mass is 16.3. The molecule has 0 spiro atoms. The summed E-state index contributed by atoms with van der Waals surface area (Å²) in [5.74, 6) is 0. The van der Waals surface area contributed by atoms with Gasteiger partial charge in [-0.15, -0.1) is 0 Å². The van der Waals surface area contributed by atoms with Crippen LogP contribution in [0.5, 0.6) is 0 Å². The monoisotopic (exact) mass is 470 g/mol. The number of fused-ring (bicyclic) bond motifs is 4. The lowest BCUT2D eigenvalue weighted by Gasteiger charge is -2.18. The molecular formula is C34H32NO+. The Morgan fingerprint density at radius 1 is 0.750 bits per heavy atom. The van der Waals surface area contributed by atoms with Gasteiger partial charge in [-0.2, -0.15) is 0 Å². The van der Waals surface area contributed by atoms with E-state index in [1.807, 2.05) is 0 Å². The number of para-hydroxylation sites is 1. The zero-order valence-corrected chi connectivity index (χ0v) is 21.7. The highest BCUT2D eigenvalue weighted by Crippen LogP contribution is 2.41. The smallest absolute Gasteiger partial charge is 0.216 e. The molecule has 0 N–H and O–H groups in total. The van der Waals surface area contributed by atoms with Crippen LogP contribution in [-0.4, -0.2) is 0 Å². The van der Waals surface area contributed by atoms with Gasteiger partial charge in [0, 0.05) is 28.5 Å². The minimum absolute atomic E-state index is 0.229. The minimum atomic E-state index is 0.229. The average molecular weight is 471 g/mol. The highest BCUT2D eigenvalue weighted by Gasteiger charge is 2.23. The van der Waals surface area contributed by atoms with E-state index in [-0.39, 0.29) is 5.41 Å². The number of pyridine rings is 1. The summed E-state index contributed by atoms with van der Waals surface area (Å²) in [6.07, 6.45) is 3.21. The molecule has 2 aromatic heterocycles. The van der Waals surface area contributed by atoms with Crippen molar-refractivity contribution in [3.05, 3.63) is 102 Å². The van der Waals surface area contributed by atoms with E-state index in [0.29, 0.717) is 0 Å². The first-order valence-corrected chi connectivity index (χ1v) is 12.7. The molecule has 6 rings (SSSR count). The number of benzene rings is 4. The van der Waals surface area contributed by atoms with Gasteiger partial charge in [-0.05, 0) is 52.3 Å². The first-order chi connectivity index (χ1) is 17.3. The molecule has 2 heteroatoms. The van der Waals surface area contributed by atoms with Gasteiger partial charge in [0.1, 0.15) is 18.2 Å². The van der Waals surface area contributed by atoms with Crippen LogP contribution in [0.1, 0.15) is 31.9 Å². The Hall–Kier alpha value is -3.91. The molecule has 0 atom stereocenters. The summed E-state index contributed by atoms with van der Waals surface area (Å²) < 4.78 is 9.01. The standard InChI is InChI=1S/C34H32NO/c1-22-13-16-29-28-12-8-11-27(26-15-14-24-9-6-7-10-25(24)20-26)32(28)36-33(29)31(22)30-19-23(17-18-35(30)5)21-34(2,3)4/h6-20H,21H2,1-5H3/q+1. The summed E-state index contributed by atoms with van der Waals surface area (Å²) >= 11 is 0. The van der Waals surface area contributed by atoms with Crippen LogP contribution >= 0.6 is 0 Å². The molecule has 4 aromatic carbocycles. The molecule has 0 aliphatic carbocycles. The van der Waals surface area contributed by atoms with Crippen LogP contribution in [0, 0.1) is 12.3 Å². The van der Waals surface area contributed by atoms with E-state index >= 15 is 0 Å². The fourth-order valence-corrected chi connectivity index (χ4v) is 5.45. The van der Waals surface area contributed by atoms with E-state index < -0.39 is 0 Å². The van der Waals surface area contributed by atoms with Crippen LogP contribution < -0.4 is 4.57 Å². The number of hydrogen-bond donors (Lipinski definition) is 0. The third kappa shape index (κ3) is 3.87. The maximum Gasteiger partial charge on any atom is 0.216 e. The second kappa shape index (κ2) is 8.34. The van der Waals surface area contributed by atoms with Crippen molar-refractivity contribution in [2.24, 2.45) is 12.5 Å². The SMILES string of the molecule is Cc1ccc2c(oc3c(-c4ccc5ccccc5c4)cccc32)c1-c1cc(CC(C)(C)C)cc[n+]1C. The number of aromatic nitrogens is 1. The predicted molar refractivity (Wildman–Crippen MR) is 151 cm³/mol. The number of nitrogens with zero attached hydrogens (tertiary/aromatic N) is 1. The average Bonchev–Trinajstić information content (AvgIpc) is 3.23. The number of hydrogen-bond acceptors (Lipinski definition) is 1. The van der Waals surface area contributed by atoms with Crippen molar-refractivity contribution in [2.45, 2.75) is 34.1 Å². The minimum Gasteiger partial charge on any atom is -0.454 e.